The van der Waals surface area contributed by atoms with E-state index in [1.165, 1.54) is 0 Å². The van der Waals surface area contributed by atoms with E-state index in [0.717, 1.165) is 12.8 Å². The van der Waals surface area contributed by atoms with Gasteiger partial charge in [-0.25, -0.2) is 0 Å². The smallest absolute Gasteiger partial charge is 0.186 e. The summed E-state index contributed by atoms with van der Waals surface area (Å²) in [5.41, 5.74) is 6.59. The lowest BCUT2D eigenvalue weighted by Gasteiger charge is -2.20. The Balaban J connectivity index is 2.16. The van der Waals surface area contributed by atoms with Gasteiger partial charge in [0, 0.05) is 25.3 Å². The van der Waals surface area contributed by atoms with Crippen molar-refractivity contribution in [3.8, 4) is 0 Å². The molecule has 1 aromatic rings. The number of hydrogen-bond donors (Lipinski definition) is 1. The summed E-state index contributed by atoms with van der Waals surface area (Å²) in [6.45, 7) is 1.31. The Kier molecular flexibility index (Phi) is 2.97. The molecule has 1 saturated heterocycles. The molecule has 2 rings (SSSR count). The number of pyridine rings is 1. The fraction of sp³-hybridized carbons (Fsp3) is 0.455. The van der Waals surface area contributed by atoms with Crippen molar-refractivity contribution in [3.63, 3.8) is 0 Å². The predicted molar refractivity (Wildman–Crippen MR) is 56.5 cm³/mol. The van der Waals surface area contributed by atoms with Crippen LogP contribution in [0.25, 0.3) is 0 Å². The number of Topliss-reactive ketones (excluding diaryl/α,β-unsaturated/α-hetero) is 1. The SMILES string of the molecule is Nc1cccnc1C(=O)C1CCOCC1. The minimum atomic E-state index is 0.0240. The van der Waals surface area contributed by atoms with E-state index in [0.29, 0.717) is 24.6 Å². The average molecular weight is 206 g/mol. The molecule has 1 aliphatic heterocycles. The van der Waals surface area contributed by atoms with E-state index in [1.807, 2.05) is 0 Å². The van der Waals surface area contributed by atoms with Gasteiger partial charge in [0.2, 0.25) is 0 Å². The van der Waals surface area contributed by atoms with E-state index in [4.69, 9.17) is 10.5 Å². The van der Waals surface area contributed by atoms with Crippen LogP contribution >= 0.6 is 0 Å². The van der Waals surface area contributed by atoms with Crippen LogP contribution < -0.4 is 5.73 Å². The quantitative estimate of drug-likeness (QED) is 0.740. The van der Waals surface area contributed by atoms with Crippen molar-refractivity contribution in [2.45, 2.75) is 12.8 Å². The molecule has 0 atom stereocenters. The summed E-state index contributed by atoms with van der Waals surface area (Å²) in [5, 5.41) is 0. The van der Waals surface area contributed by atoms with Gasteiger partial charge >= 0.3 is 0 Å². The van der Waals surface area contributed by atoms with Crippen molar-refractivity contribution in [2.75, 3.05) is 18.9 Å². The maximum atomic E-state index is 12.0. The number of carbonyl (C=O) groups is 1. The van der Waals surface area contributed by atoms with Gasteiger partial charge in [0.1, 0.15) is 5.69 Å². The third-order valence-electron chi connectivity index (χ3n) is 2.66. The van der Waals surface area contributed by atoms with Crippen LogP contribution in [-0.2, 0) is 4.74 Å². The zero-order valence-corrected chi connectivity index (χ0v) is 8.48. The highest BCUT2D eigenvalue weighted by Crippen LogP contribution is 2.21. The summed E-state index contributed by atoms with van der Waals surface area (Å²) in [6.07, 6.45) is 3.15. The molecule has 4 nitrogen and oxygen atoms in total. The molecule has 1 aliphatic rings. The van der Waals surface area contributed by atoms with Gasteiger partial charge in [0.25, 0.3) is 0 Å². The second kappa shape index (κ2) is 4.40. The summed E-state index contributed by atoms with van der Waals surface area (Å²) in [7, 11) is 0. The number of nitrogens with zero attached hydrogens (tertiary/aromatic N) is 1. The van der Waals surface area contributed by atoms with E-state index in [-0.39, 0.29) is 11.7 Å². The first-order valence-corrected chi connectivity index (χ1v) is 5.11. The second-order valence-corrected chi connectivity index (χ2v) is 3.69. The number of carbonyl (C=O) groups excluding carboxylic acids is 1. The number of aromatic nitrogens is 1. The minimum Gasteiger partial charge on any atom is -0.397 e. The Morgan fingerprint density at radius 2 is 2.20 bits per heavy atom. The van der Waals surface area contributed by atoms with Gasteiger partial charge in [-0.1, -0.05) is 0 Å². The number of rotatable bonds is 2. The van der Waals surface area contributed by atoms with Crippen LogP contribution in [0.5, 0.6) is 0 Å². The monoisotopic (exact) mass is 206 g/mol. The van der Waals surface area contributed by atoms with Crippen LogP contribution in [0.1, 0.15) is 23.3 Å². The van der Waals surface area contributed by atoms with Gasteiger partial charge in [-0.15, -0.1) is 0 Å². The lowest BCUT2D eigenvalue weighted by Crippen LogP contribution is -2.24. The molecule has 80 valence electrons. The first kappa shape index (κ1) is 10.1. The van der Waals surface area contributed by atoms with Gasteiger partial charge in [-0.05, 0) is 25.0 Å². The average Bonchev–Trinajstić information content (AvgIpc) is 2.30. The molecule has 15 heavy (non-hydrogen) atoms. The molecule has 0 saturated carbocycles. The highest BCUT2D eigenvalue weighted by atomic mass is 16.5. The number of nitrogens with two attached hydrogens (primary N) is 1. The van der Waals surface area contributed by atoms with Gasteiger partial charge in [-0.2, -0.15) is 0 Å². The fourth-order valence-electron chi connectivity index (χ4n) is 1.78. The third kappa shape index (κ3) is 2.15. The topological polar surface area (TPSA) is 65.2 Å². The third-order valence-corrected chi connectivity index (χ3v) is 2.66. The second-order valence-electron chi connectivity index (χ2n) is 3.69. The van der Waals surface area contributed by atoms with Crippen LogP contribution in [0.3, 0.4) is 0 Å². The van der Waals surface area contributed by atoms with Crippen molar-refractivity contribution in [2.24, 2.45) is 5.92 Å². The molecule has 0 radical (unpaired) electrons. The number of anilines is 1. The maximum absolute atomic E-state index is 12.0. The minimum absolute atomic E-state index is 0.0240. The number of hydrogen-bond acceptors (Lipinski definition) is 4. The molecule has 0 amide bonds. The molecule has 0 bridgehead atoms. The van der Waals surface area contributed by atoms with E-state index in [9.17, 15) is 4.79 Å². The molecule has 2 heterocycles. The Morgan fingerprint density at radius 3 is 2.87 bits per heavy atom. The molecule has 0 spiro atoms. The molecular formula is C11H14N2O2. The molecule has 0 aliphatic carbocycles. The molecule has 1 fully saturated rings. The maximum Gasteiger partial charge on any atom is 0.186 e. The largest absolute Gasteiger partial charge is 0.397 e. The van der Waals surface area contributed by atoms with E-state index in [2.05, 4.69) is 4.98 Å². The number of ether oxygens (including phenoxy) is 1. The van der Waals surface area contributed by atoms with E-state index < -0.39 is 0 Å². The molecule has 4 heteroatoms. The summed E-state index contributed by atoms with van der Waals surface area (Å²) in [4.78, 5) is 16.1. The van der Waals surface area contributed by atoms with E-state index in [1.54, 1.807) is 18.3 Å². The number of ketones is 1. The zero-order valence-electron chi connectivity index (χ0n) is 8.48. The van der Waals surface area contributed by atoms with Crippen LogP contribution in [0.4, 0.5) is 5.69 Å². The molecule has 1 aromatic heterocycles. The standard InChI is InChI=1S/C11H14N2O2/c12-9-2-1-5-13-10(9)11(14)8-3-6-15-7-4-8/h1-2,5,8H,3-4,6-7,12H2. The van der Waals surface area contributed by atoms with Crippen LogP contribution in [-0.4, -0.2) is 24.0 Å². The molecule has 2 N–H and O–H groups in total. The summed E-state index contributed by atoms with van der Waals surface area (Å²) in [6, 6.07) is 3.44. The lowest BCUT2D eigenvalue weighted by molar-refractivity contribution is 0.0542. The van der Waals surface area contributed by atoms with Crippen molar-refractivity contribution in [1.82, 2.24) is 4.98 Å². The Hall–Kier alpha value is -1.42. The molecule has 0 aromatic carbocycles. The first-order chi connectivity index (χ1) is 7.29. The normalized spacial score (nSPS) is 17.6. The van der Waals surface area contributed by atoms with Crippen molar-refractivity contribution < 1.29 is 9.53 Å². The van der Waals surface area contributed by atoms with Gasteiger partial charge in [0.15, 0.2) is 5.78 Å². The van der Waals surface area contributed by atoms with Gasteiger partial charge < -0.3 is 10.5 Å². The molecule has 0 unspecified atom stereocenters. The Morgan fingerprint density at radius 1 is 1.47 bits per heavy atom. The fourth-order valence-corrected chi connectivity index (χ4v) is 1.78. The Bertz CT molecular complexity index is 359. The van der Waals surface area contributed by atoms with Crippen LogP contribution in [0, 0.1) is 5.92 Å². The summed E-state index contributed by atoms with van der Waals surface area (Å²) < 4.78 is 5.21. The highest BCUT2D eigenvalue weighted by Gasteiger charge is 2.24. The lowest BCUT2D eigenvalue weighted by atomic mass is 9.93. The summed E-state index contributed by atoms with van der Waals surface area (Å²) in [5.74, 6) is 0.0763. The van der Waals surface area contributed by atoms with Crippen molar-refractivity contribution in [3.05, 3.63) is 24.0 Å². The summed E-state index contributed by atoms with van der Waals surface area (Å²) >= 11 is 0. The van der Waals surface area contributed by atoms with Crippen LogP contribution in [0.2, 0.25) is 0 Å². The zero-order chi connectivity index (χ0) is 10.7. The van der Waals surface area contributed by atoms with Crippen molar-refractivity contribution >= 4 is 11.5 Å². The van der Waals surface area contributed by atoms with E-state index >= 15 is 0 Å². The highest BCUT2D eigenvalue weighted by molar-refractivity contribution is 6.00. The predicted octanol–water partition coefficient (Wildman–Crippen LogP) is 1.27. The first-order valence-electron chi connectivity index (χ1n) is 5.11. The number of nitrogen functional groups attached to an aromatic ring is 1. The Labute approximate surface area is 88.4 Å². The van der Waals surface area contributed by atoms with Crippen LogP contribution in [0.15, 0.2) is 18.3 Å². The van der Waals surface area contributed by atoms with Gasteiger partial charge in [-0.3, -0.25) is 9.78 Å². The van der Waals surface area contributed by atoms with Gasteiger partial charge in [0.05, 0.1) is 5.69 Å². The molecular weight excluding hydrogens is 192 g/mol. The van der Waals surface area contributed by atoms with Crippen molar-refractivity contribution in [1.29, 1.82) is 0 Å².